The predicted octanol–water partition coefficient (Wildman–Crippen LogP) is 16.0. The minimum atomic E-state index is 0.291. The highest BCUT2D eigenvalue weighted by Crippen LogP contribution is 2.53. The second-order valence-corrected chi connectivity index (χ2v) is 17.7. The Morgan fingerprint density at radius 1 is 0.367 bits per heavy atom. The van der Waals surface area contributed by atoms with Gasteiger partial charge < -0.3 is 9.13 Å². The maximum atomic E-state index is 2.54. The lowest BCUT2D eigenvalue weighted by Crippen LogP contribution is -2.15. The molecule has 2 unspecified atom stereocenters. The number of aromatic nitrogens is 2. The molecular formula is C58H50N2. The monoisotopic (exact) mass is 774 g/mol. The molecule has 2 nitrogen and oxygen atoms in total. The molecular weight excluding hydrogens is 725 g/mol. The van der Waals surface area contributed by atoms with Gasteiger partial charge in [-0.1, -0.05) is 98.8 Å². The largest absolute Gasteiger partial charge is 0.309 e. The quantitative estimate of drug-likeness (QED) is 0.169. The minimum Gasteiger partial charge on any atom is -0.309 e. The number of nitrogens with zero attached hydrogens (tertiary/aromatic N) is 2. The first-order chi connectivity index (χ1) is 29.1. The molecule has 0 fully saturated rings. The summed E-state index contributed by atoms with van der Waals surface area (Å²) < 4.78 is 5.03. The maximum Gasteiger partial charge on any atom is 0.0582 e. The van der Waals surface area contributed by atoms with Crippen molar-refractivity contribution in [2.75, 3.05) is 0 Å². The Bertz CT molecular complexity index is 3280. The van der Waals surface area contributed by atoms with E-state index in [-0.39, 0.29) is 0 Å². The highest BCUT2D eigenvalue weighted by Gasteiger charge is 2.33. The third-order valence-corrected chi connectivity index (χ3v) is 14.4. The summed E-state index contributed by atoms with van der Waals surface area (Å²) in [5, 5.41) is 5.22. The SMILES string of the molecule is Cc1cc(-c2ccc3c(c2)c2cc4c(cc2n3-c2ccccc2)-c2ccc3c5cc(-c6cc(C)c(C)c(C)c6)ccc5n(-c5ccccc5)c3c2C(C)C4C)cc(C)c1C. The first kappa shape index (κ1) is 36.4. The predicted molar refractivity (Wildman–Crippen MR) is 257 cm³/mol. The Morgan fingerprint density at radius 2 is 0.850 bits per heavy atom. The van der Waals surface area contributed by atoms with Crippen molar-refractivity contribution < 1.29 is 0 Å². The molecule has 11 rings (SSSR count). The molecule has 0 spiro atoms. The third kappa shape index (κ3) is 5.33. The summed E-state index contributed by atoms with van der Waals surface area (Å²) in [4.78, 5) is 0. The summed E-state index contributed by atoms with van der Waals surface area (Å²) in [5.41, 5.74) is 26.1. The van der Waals surface area contributed by atoms with E-state index in [0.717, 1.165) is 0 Å². The maximum absolute atomic E-state index is 2.54. The number of rotatable bonds is 4. The highest BCUT2D eigenvalue weighted by molar-refractivity contribution is 6.15. The van der Waals surface area contributed by atoms with E-state index in [0.29, 0.717) is 11.8 Å². The standard InChI is InChI=1S/C58H50N2/c1-33-25-43(26-34(2)37(33)5)41-20-24-55-51(29-41)48-22-21-47-50-32-56-53(31-49(50)39(7)40(8)57(47)58(48)60(55)46-17-13-10-14-18-46)52-30-42(44-27-35(3)38(6)36(4)28-44)19-23-54(52)59(56)45-15-11-9-12-16-45/h9-32,39-40H,1-8H3. The molecule has 0 N–H and O–H groups in total. The molecule has 2 aromatic heterocycles. The second-order valence-electron chi connectivity index (χ2n) is 17.7. The van der Waals surface area contributed by atoms with Gasteiger partial charge in [0.1, 0.15) is 0 Å². The van der Waals surface area contributed by atoms with E-state index in [9.17, 15) is 0 Å². The zero-order valence-corrected chi connectivity index (χ0v) is 35.9. The van der Waals surface area contributed by atoms with Gasteiger partial charge in [-0.05, 0) is 192 Å². The molecule has 8 aromatic carbocycles. The molecule has 0 bridgehead atoms. The van der Waals surface area contributed by atoms with Crippen molar-refractivity contribution in [1.29, 1.82) is 0 Å². The van der Waals surface area contributed by atoms with Gasteiger partial charge in [0.15, 0.2) is 0 Å². The number of fused-ring (bicyclic) bond motifs is 10. The van der Waals surface area contributed by atoms with Crippen molar-refractivity contribution >= 4 is 43.6 Å². The Kier molecular flexibility index (Phi) is 8.16. The van der Waals surface area contributed by atoms with Gasteiger partial charge in [-0.25, -0.2) is 0 Å². The molecule has 0 saturated carbocycles. The van der Waals surface area contributed by atoms with Crippen LogP contribution in [0.1, 0.15) is 70.2 Å². The lowest BCUT2D eigenvalue weighted by molar-refractivity contribution is 0.619. The number of para-hydroxylation sites is 2. The van der Waals surface area contributed by atoms with Crippen molar-refractivity contribution in [2.24, 2.45) is 0 Å². The van der Waals surface area contributed by atoms with Crippen LogP contribution in [0.3, 0.4) is 0 Å². The molecule has 2 heterocycles. The van der Waals surface area contributed by atoms with E-state index in [2.05, 4.69) is 210 Å². The van der Waals surface area contributed by atoms with Crippen molar-refractivity contribution in [1.82, 2.24) is 9.13 Å². The van der Waals surface area contributed by atoms with Crippen LogP contribution < -0.4 is 0 Å². The summed E-state index contributed by atoms with van der Waals surface area (Å²) in [6, 6.07) is 55.4. The van der Waals surface area contributed by atoms with E-state index in [1.54, 1.807) is 0 Å². The lowest BCUT2D eigenvalue weighted by Gasteiger charge is -2.33. The van der Waals surface area contributed by atoms with Crippen LogP contribution in [-0.4, -0.2) is 9.13 Å². The van der Waals surface area contributed by atoms with Crippen molar-refractivity contribution in [2.45, 2.75) is 67.2 Å². The first-order valence-corrected chi connectivity index (χ1v) is 21.6. The molecule has 10 aromatic rings. The molecule has 0 amide bonds. The van der Waals surface area contributed by atoms with Crippen molar-refractivity contribution in [3.05, 3.63) is 190 Å². The lowest BCUT2D eigenvalue weighted by atomic mass is 9.72. The van der Waals surface area contributed by atoms with Gasteiger partial charge in [-0.2, -0.15) is 0 Å². The Labute approximate surface area is 353 Å². The van der Waals surface area contributed by atoms with Gasteiger partial charge >= 0.3 is 0 Å². The number of aryl methyl sites for hydroxylation is 4. The van der Waals surface area contributed by atoms with Crippen LogP contribution in [0.25, 0.3) is 88.4 Å². The van der Waals surface area contributed by atoms with Gasteiger partial charge in [-0.3, -0.25) is 0 Å². The third-order valence-electron chi connectivity index (χ3n) is 14.4. The van der Waals surface area contributed by atoms with Crippen LogP contribution in [0.2, 0.25) is 0 Å². The number of hydrogen-bond acceptors (Lipinski definition) is 0. The fourth-order valence-electron chi connectivity index (χ4n) is 10.5. The fourth-order valence-corrected chi connectivity index (χ4v) is 10.5. The topological polar surface area (TPSA) is 9.86 Å². The average molecular weight is 775 g/mol. The molecule has 0 radical (unpaired) electrons. The molecule has 1 aliphatic rings. The molecule has 2 heteroatoms. The summed E-state index contributed by atoms with van der Waals surface area (Å²) in [5.74, 6) is 0.596. The average Bonchev–Trinajstić information content (AvgIpc) is 3.77. The highest BCUT2D eigenvalue weighted by atomic mass is 15.0. The number of hydrogen-bond donors (Lipinski definition) is 0. The van der Waals surface area contributed by atoms with E-state index in [4.69, 9.17) is 0 Å². The van der Waals surface area contributed by atoms with Crippen LogP contribution in [-0.2, 0) is 0 Å². The van der Waals surface area contributed by atoms with E-state index < -0.39 is 0 Å². The molecule has 1 aliphatic carbocycles. The van der Waals surface area contributed by atoms with E-state index in [1.807, 2.05) is 0 Å². The van der Waals surface area contributed by atoms with E-state index in [1.165, 1.54) is 133 Å². The normalized spacial score (nSPS) is 15.0. The Balaban J connectivity index is 1.19. The Hall–Kier alpha value is -6.64. The minimum absolute atomic E-state index is 0.291. The van der Waals surface area contributed by atoms with E-state index >= 15 is 0 Å². The zero-order chi connectivity index (χ0) is 41.1. The molecule has 0 aliphatic heterocycles. The molecule has 0 saturated heterocycles. The smallest absolute Gasteiger partial charge is 0.0582 e. The Morgan fingerprint density at radius 3 is 1.40 bits per heavy atom. The summed E-state index contributed by atoms with van der Waals surface area (Å²) >= 11 is 0. The summed E-state index contributed by atoms with van der Waals surface area (Å²) in [7, 11) is 0. The van der Waals surface area contributed by atoms with Gasteiger partial charge in [0.2, 0.25) is 0 Å². The fraction of sp³-hybridized carbons (Fsp3) is 0.172. The van der Waals surface area contributed by atoms with Gasteiger partial charge in [0.05, 0.1) is 22.1 Å². The van der Waals surface area contributed by atoms with Crippen LogP contribution in [0, 0.1) is 41.5 Å². The molecule has 2 atom stereocenters. The van der Waals surface area contributed by atoms with Gasteiger partial charge in [-0.15, -0.1) is 0 Å². The van der Waals surface area contributed by atoms with Crippen molar-refractivity contribution in [3.8, 4) is 44.8 Å². The van der Waals surface area contributed by atoms with Crippen LogP contribution in [0.5, 0.6) is 0 Å². The molecule has 292 valence electrons. The van der Waals surface area contributed by atoms with Gasteiger partial charge in [0.25, 0.3) is 0 Å². The summed E-state index contributed by atoms with van der Waals surface area (Å²) in [6.45, 7) is 18.3. The van der Waals surface area contributed by atoms with Gasteiger partial charge in [0, 0.05) is 32.9 Å². The number of benzene rings is 8. The zero-order valence-electron chi connectivity index (χ0n) is 35.9. The summed E-state index contributed by atoms with van der Waals surface area (Å²) in [6.07, 6.45) is 0. The van der Waals surface area contributed by atoms with Crippen LogP contribution in [0.15, 0.2) is 146 Å². The molecule has 60 heavy (non-hydrogen) atoms. The van der Waals surface area contributed by atoms with Crippen molar-refractivity contribution in [3.63, 3.8) is 0 Å². The van der Waals surface area contributed by atoms with Crippen LogP contribution in [0.4, 0.5) is 0 Å². The van der Waals surface area contributed by atoms with Crippen LogP contribution >= 0.6 is 0 Å². The first-order valence-electron chi connectivity index (χ1n) is 21.6. The second kappa shape index (κ2) is 13.4.